The standard InChI is InChI=1S/C29H31FN4O4/c1-33(18-21-5-3-2-4-6-21)26(35)15-29(20-37-25-11-9-24(30)10-12-25)19-34(13-14-38-29)28(36)23-16-31-27(32-17-23)22-7-8-22/h2-6,9-12,16-17,22H,7-8,13-15,18-20H2,1H3/t29-/m0/s1. The van der Waals surface area contributed by atoms with E-state index < -0.39 is 5.60 Å². The van der Waals surface area contributed by atoms with Crippen LogP contribution >= 0.6 is 0 Å². The molecule has 1 saturated carbocycles. The second-order valence-corrected chi connectivity index (χ2v) is 10.0. The minimum absolute atomic E-state index is 0.0123. The predicted octanol–water partition coefficient (Wildman–Crippen LogP) is 3.83. The van der Waals surface area contributed by atoms with Gasteiger partial charge in [0.05, 0.1) is 25.1 Å². The van der Waals surface area contributed by atoms with Crippen molar-refractivity contribution in [2.24, 2.45) is 0 Å². The summed E-state index contributed by atoms with van der Waals surface area (Å²) in [6.07, 6.45) is 5.33. The molecule has 0 unspecified atom stereocenters. The normalized spacial score (nSPS) is 19.2. The Bertz CT molecular complexity index is 1250. The van der Waals surface area contributed by atoms with Gasteiger partial charge in [0.1, 0.15) is 29.6 Å². The van der Waals surface area contributed by atoms with Gasteiger partial charge < -0.3 is 19.3 Å². The first-order chi connectivity index (χ1) is 18.4. The van der Waals surface area contributed by atoms with E-state index in [2.05, 4.69) is 9.97 Å². The third-order valence-corrected chi connectivity index (χ3v) is 6.87. The Kier molecular flexibility index (Phi) is 7.64. The first-order valence-corrected chi connectivity index (χ1v) is 12.8. The molecule has 38 heavy (non-hydrogen) atoms. The number of aromatic nitrogens is 2. The molecule has 198 valence electrons. The quantitative estimate of drug-likeness (QED) is 0.428. The van der Waals surface area contributed by atoms with Crippen molar-refractivity contribution in [3.8, 4) is 5.75 Å². The number of morpholine rings is 1. The number of nitrogens with zero attached hydrogens (tertiary/aromatic N) is 4. The minimum atomic E-state index is -1.08. The Morgan fingerprint density at radius 3 is 2.50 bits per heavy atom. The van der Waals surface area contributed by atoms with Crippen LogP contribution in [0.5, 0.6) is 5.75 Å². The number of hydrogen-bond donors (Lipinski definition) is 0. The van der Waals surface area contributed by atoms with E-state index in [1.165, 1.54) is 24.3 Å². The van der Waals surface area contributed by atoms with Crippen molar-refractivity contribution in [2.75, 3.05) is 33.4 Å². The van der Waals surface area contributed by atoms with Gasteiger partial charge in [-0.3, -0.25) is 9.59 Å². The lowest BCUT2D eigenvalue weighted by atomic mass is 9.96. The average Bonchev–Trinajstić information content (AvgIpc) is 3.79. The van der Waals surface area contributed by atoms with Gasteiger partial charge in [0.15, 0.2) is 0 Å². The third kappa shape index (κ3) is 6.34. The third-order valence-electron chi connectivity index (χ3n) is 6.87. The SMILES string of the molecule is CN(Cc1ccccc1)C(=O)C[C@@]1(COc2ccc(F)cc2)CN(C(=O)c2cnc(C3CC3)nc2)CCO1. The maximum Gasteiger partial charge on any atom is 0.257 e. The highest BCUT2D eigenvalue weighted by Gasteiger charge is 2.42. The van der Waals surface area contributed by atoms with E-state index in [-0.39, 0.29) is 43.8 Å². The van der Waals surface area contributed by atoms with Crippen molar-refractivity contribution in [3.05, 3.63) is 89.8 Å². The summed E-state index contributed by atoms with van der Waals surface area (Å²) in [7, 11) is 1.74. The van der Waals surface area contributed by atoms with Crippen molar-refractivity contribution < 1.29 is 23.5 Å². The molecule has 0 radical (unpaired) electrons. The van der Waals surface area contributed by atoms with Crippen molar-refractivity contribution in [3.63, 3.8) is 0 Å². The summed E-state index contributed by atoms with van der Waals surface area (Å²) in [5.74, 6) is 0.905. The Hall–Kier alpha value is -3.85. The monoisotopic (exact) mass is 518 g/mol. The lowest BCUT2D eigenvalue weighted by Gasteiger charge is -2.42. The Morgan fingerprint density at radius 2 is 1.82 bits per heavy atom. The smallest absolute Gasteiger partial charge is 0.257 e. The molecule has 1 aliphatic carbocycles. The average molecular weight is 519 g/mol. The fraction of sp³-hybridized carbons (Fsp3) is 0.379. The summed E-state index contributed by atoms with van der Waals surface area (Å²) >= 11 is 0. The molecule has 2 heterocycles. The molecule has 2 fully saturated rings. The molecular formula is C29H31FN4O4. The van der Waals surface area contributed by atoms with E-state index in [1.807, 2.05) is 30.3 Å². The number of hydrogen-bond acceptors (Lipinski definition) is 6. The van der Waals surface area contributed by atoms with Gasteiger partial charge in [-0.05, 0) is 42.7 Å². The Labute approximate surface area is 221 Å². The fourth-order valence-corrected chi connectivity index (χ4v) is 4.55. The Balaban J connectivity index is 1.32. The van der Waals surface area contributed by atoms with Gasteiger partial charge in [-0.25, -0.2) is 14.4 Å². The molecule has 2 aliphatic rings. The zero-order chi connectivity index (χ0) is 26.5. The molecule has 3 aromatic rings. The van der Waals surface area contributed by atoms with Crippen molar-refractivity contribution in [2.45, 2.75) is 37.3 Å². The van der Waals surface area contributed by atoms with Gasteiger partial charge >= 0.3 is 0 Å². The number of amides is 2. The second-order valence-electron chi connectivity index (χ2n) is 10.0. The zero-order valence-corrected chi connectivity index (χ0v) is 21.4. The van der Waals surface area contributed by atoms with Crippen molar-refractivity contribution in [1.29, 1.82) is 0 Å². The topological polar surface area (TPSA) is 84.9 Å². The minimum Gasteiger partial charge on any atom is -0.490 e. The molecule has 1 aliphatic heterocycles. The van der Waals surface area contributed by atoms with Crippen LogP contribution in [0, 0.1) is 5.82 Å². The number of rotatable bonds is 9. The highest BCUT2D eigenvalue weighted by molar-refractivity contribution is 5.93. The van der Waals surface area contributed by atoms with Gasteiger partial charge in [0.2, 0.25) is 5.91 Å². The highest BCUT2D eigenvalue weighted by atomic mass is 19.1. The molecular weight excluding hydrogens is 487 g/mol. The van der Waals surface area contributed by atoms with Crippen LogP contribution in [0.15, 0.2) is 67.0 Å². The van der Waals surface area contributed by atoms with Crippen LogP contribution in [0.3, 0.4) is 0 Å². The van der Waals surface area contributed by atoms with Crippen LogP contribution in [0.4, 0.5) is 4.39 Å². The lowest BCUT2D eigenvalue weighted by molar-refractivity contribution is -0.152. The molecule has 1 saturated heterocycles. The molecule has 0 bridgehead atoms. The van der Waals surface area contributed by atoms with E-state index in [1.54, 1.807) is 29.2 Å². The summed E-state index contributed by atoms with van der Waals surface area (Å²) in [5, 5.41) is 0. The van der Waals surface area contributed by atoms with Gasteiger partial charge in [0.25, 0.3) is 5.91 Å². The number of ether oxygens (including phenoxy) is 2. The Morgan fingerprint density at radius 1 is 1.11 bits per heavy atom. The zero-order valence-electron chi connectivity index (χ0n) is 21.4. The van der Waals surface area contributed by atoms with E-state index >= 15 is 0 Å². The van der Waals surface area contributed by atoms with Gasteiger partial charge in [-0.15, -0.1) is 0 Å². The molecule has 2 amide bonds. The van der Waals surface area contributed by atoms with Crippen LogP contribution in [-0.2, 0) is 16.1 Å². The molecule has 1 aromatic heterocycles. The summed E-state index contributed by atoms with van der Waals surface area (Å²) in [6.45, 7) is 1.24. The summed E-state index contributed by atoms with van der Waals surface area (Å²) in [6, 6.07) is 15.4. The van der Waals surface area contributed by atoms with Gasteiger partial charge in [-0.1, -0.05) is 30.3 Å². The largest absolute Gasteiger partial charge is 0.490 e. The first-order valence-electron chi connectivity index (χ1n) is 12.8. The van der Waals surface area contributed by atoms with Crippen LogP contribution in [0.2, 0.25) is 0 Å². The highest BCUT2D eigenvalue weighted by Crippen LogP contribution is 2.37. The maximum atomic E-state index is 13.4. The molecule has 8 nitrogen and oxygen atoms in total. The van der Waals surface area contributed by atoms with Crippen molar-refractivity contribution in [1.82, 2.24) is 19.8 Å². The molecule has 1 atom stereocenters. The van der Waals surface area contributed by atoms with Crippen LogP contribution in [-0.4, -0.2) is 70.5 Å². The number of carbonyl (C=O) groups excluding carboxylic acids is 2. The van der Waals surface area contributed by atoms with E-state index in [9.17, 15) is 14.0 Å². The summed E-state index contributed by atoms with van der Waals surface area (Å²) < 4.78 is 25.5. The van der Waals surface area contributed by atoms with E-state index in [0.29, 0.717) is 30.3 Å². The summed E-state index contributed by atoms with van der Waals surface area (Å²) in [5.41, 5.74) is 0.326. The van der Waals surface area contributed by atoms with Gasteiger partial charge in [0, 0.05) is 38.4 Å². The summed E-state index contributed by atoms with van der Waals surface area (Å²) in [4.78, 5) is 38.8. The predicted molar refractivity (Wildman–Crippen MR) is 138 cm³/mol. The van der Waals surface area contributed by atoms with Crippen LogP contribution in [0.1, 0.15) is 46.9 Å². The van der Waals surface area contributed by atoms with Crippen LogP contribution in [0.25, 0.3) is 0 Å². The second kappa shape index (κ2) is 11.3. The first kappa shape index (κ1) is 25.8. The van der Waals surface area contributed by atoms with Crippen LogP contribution < -0.4 is 4.74 Å². The lowest BCUT2D eigenvalue weighted by Crippen LogP contribution is -2.58. The number of benzene rings is 2. The molecule has 9 heteroatoms. The van der Waals surface area contributed by atoms with Crippen molar-refractivity contribution >= 4 is 11.8 Å². The maximum absolute atomic E-state index is 13.4. The van der Waals surface area contributed by atoms with E-state index in [0.717, 1.165) is 24.2 Å². The fourth-order valence-electron chi connectivity index (χ4n) is 4.55. The van der Waals surface area contributed by atoms with Gasteiger partial charge in [-0.2, -0.15) is 0 Å². The molecule has 2 aromatic carbocycles. The number of halogens is 1. The molecule has 0 N–H and O–H groups in total. The number of carbonyl (C=O) groups is 2. The molecule has 5 rings (SSSR count). The van der Waals surface area contributed by atoms with E-state index in [4.69, 9.17) is 9.47 Å². The molecule has 0 spiro atoms.